The maximum absolute atomic E-state index is 12.6. The third-order valence-electron chi connectivity index (χ3n) is 3.43. The lowest BCUT2D eigenvalue weighted by Crippen LogP contribution is -2.27. The van der Waals surface area contributed by atoms with Crippen LogP contribution in [0.15, 0.2) is 47.6 Å². The van der Waals surface area contributed by atoms with Crippen LogP contribution in [0.5, 0.6) is 0 Å². The van der Waals surface area contributed by atoms with Crippen LogP contribution in [0.25, 0.3) is 6.08 Å². The number of thioether (sulfide) groups is 1. The van der Waals surface area contributed by atoms with E-state index in [1.807, 2.05) is 0 Å². The quantitative estimate of drug-likeness (QED) is 0.361. The van der Waals surface area contributed by atoms with Crippen molar-refractivity contribution in [3.8, 4) is 0 Å². The van der Waals surface area contributed by atoms with Crippen LogP contribution in [0.4, 0.5) is 11.4 Å². The van der Waals surface area contributed by atoms with E-state index in [2.05, 4.69) is 4.98 Å². The molecule has 0 N–H and O–H groups in total. The van der Waals surface area contributed by atoms with Gasteiger partial charge in [0.05, 0.1) is 21.7 Å². The summed E-state index contributed by atoms with van der Waals surface area (Å²) in [4.78, 5) is 29.0. The van der Waals surface area contributed by atoms with Gasteiger partial charge in [-0.05, 0) is 30.7 Å². The molecule has 24 heavy (non-hydrogen) atoms. The van der Waals surface area contributed by atoms with E-state index in [1.54, 1.807) is 49.7 Å². The lowest BCUT2D eigenvalue weighted by Gasteiger charge is -2.13. The van der Waals surface area contributed by atoms with Crippen molar-refractivity contribution in [3.63, 3.8) is 0 Å². The average Bonchev–Trinajstić information content (AvgIpc) is 2.83. The summed E-state index contributed by atoms with van der Waals surface area (Å²) >= 11 is 6.43. The number of thiocarbonyl (C=S) groups is 1. The van der Waals surface area contributed by atoms with E-state index in [4.69, 9.17) is 12.2 Å². The van der Waals surface area contributed by atoms with E-state index in [9.17, 15) is 14.9 Å². The van der Waals surface area contributed by atoms with Gasteiger partial charge in [0.1, 0.15) is 0 Å². The third kappa shape index (κ3) is 3.06. The van der Waals surface area contributed by atoms with Gasteiger partial charge in [-0.2, -0.15) is 0 Å². The normalized spacial score (nSPS) is 16.0. The van der Waals surface area contributed by atoms with Gasteiger partial charge in [-0.1, -0.05) is 36.1 Å². The van der Waals surface area contributed by atoms with E-state index < -0.39 is 4.92 Å². The molecule has 2 heterocycles. The first kappa shape index (κ1) is 16.3. The van der Waals surface area contributed by atoms with Crippen LogP contribution in [0.2, 0.25) is 0 Å². The molecule has 0 atom stereocenters. The van der Waals surface area contributed by atoms with Crippen LogP contribution in [0.1, 0.15) is 11.1 Å². The van der Waals surface area contributed by atoms with Crippen molar-refractivity contribution in [2.75, 3.05) is 4.90 Å². The molecule has 0 aliphatic carbocycles. The molecule has 120 valence electrons. The van der Waals surface area contributed by atoms with Gasteiger partial charge in [-0.15, -0.1) is 0 Å². The molecule has 2 aromatic rings. The van der Waals surface area contributed by atoms with Gasteiger partial charge in [-0.3, -0.25) is 24.8 Å². The van der Waals surface area contributed by atoms with Gasteiger partial charge in [0.15, 0.2) is 4.32 Å². The van der Waals surface area contributed by atoms with Gasteiger partial charge in [-0.25, -0.2) is 0 Å². The summed E-state index contributed by atoms with van der Waals surface area (Å²) in [7, 11) is 0. The van der Waals surface area contributed by atoms with Crippen LogP contribution in [-0.2, 0) is 4.79 Å². The number of anilines is 1. The van der Waals surface area contributed by atoms with E-state index in [-0.39, 0.29) is 11.6 Å². The largest absolute Gasteiger partial charge is 0.272 e. The molecule has 0 bridgehead atoms. The fourth-order valence-electron chi connectivity index (χ4n) is 2.24. The highest BCUT2D eigenvalue weighted by Crippen LogP contribution is 2.36. The molecule has 1 aromatic carbocycles. The molecule has 1 fully saturated rings. The summed E-state index contributed by atoms with van der Waals surface area (Å²) < 4.78 is 0.404. The second kappa shape index (κ2) is 6.50. The number of aryl methyl sites for hydroxylation is 1. The molecule has 1 aromatic heterocycles. The Morgan fingerprint density at radius 3 is 2.83 bits per heavy atom. The number of carbonyl (C=O) groups excluding carboxylic acids is 1. The molecule has 0 unspecified atom stereocenters. The zero-order valence-corrected chi connectivity index (χ0v) is 14.1. The maximum Gasteiger partial charge on any atom is 0.272 e. The number of hydrogen-bond acceptors (Lipinski definition) is 6. The van der Waals surface area contributed by atoms with Crippen LogP contribution >= 0.6 is 24.0 Å². The summed E-state index contributed by atoms with van der Waals surface area (Å²) in [6, 6.07) is 8.31. The molecule has 0 spiro atoms. The number of nitro benzene ring substituents is 1. The smallest absolute Gasteiger partial charge is 0.268 e. The number of nitro groups is 1. The van der Waals surface area contributed by atoms with Crippen molar-refractivity contribution in [3.05, 3.63) is 68.9 Å². The Morgan fingerprint density at radius 2 is 2.17 bits per heavy atom. The van der Waals surface area contributed by atoms with E-state index >= 15 is 0 Å². The van der Waals surface area contributed by atoms with Gasteiger partial charge in [0, 0.05) is 17.8 Å². The molecule has 1 aliphatic heterocycles. The Labute approximate surface area is 147 Å². The summed E-state index contributed by atoms with van der Waals surface area (Å²) in [5.41, 5.74) is 1.77. The van der Waals surface area contributed by atoms with Crippen molar-refractivity contribution in [2.24, 2.45) is 0 Å². The minimum absolute atomic E-state index is 0.0199. The van der Waals surface area contributed by atoms with Crippen LogP contribution in [0, 0.1) is 17.0 Å². The van der Waals surface area contributed by atoms with Crippen molar-refractivity contribution in [1.29, 1.82) is 0 Å². The number of pyridine rings is 1. The first-order valence-corrected chi connectivity index (χ1v) is 8.13. The predicted molar refractivity (Wildman–Crippen MR) is 97.7 cm³/mol. The summed E-state index contributed by atoms with van der Waals surface area (Å²) in [5, 5.41) is 11.0. The number of carbonyl (C=O) groups is 1. The molecule has 6 nitrogen and oxygen atoms in total. The summed E-state index contributed by atoms with van der Waals surface area (Å²) in [6.07, 6.45) is 4.79. The fraction of sp³-hybridized carbons (Fsp3) is 0.0625. The molecule has 1 aliphatic rings. The van der Waals surface area contributed by atoms with Crippen LogP contribution < -0.4 is 4.90 Å². The van der Waals surface area contributed by atoms with Crippen molar-refractivity contribution < 1.29 is 9.72 Å². The first-order chi connectivity index (χ1) is 11.5. The molecule has 1 saturated heterocycles. The molecular weight excluding hydrogens is 346 g/mol. The first-order valence-electron chi connectivity index (χ1n) is 6.90. The van der Waals surface area contributed by atoms with E-state index in [0.717, 1.165) is 11.8 Å². The van der Waals surface area contributed by atoms with Crippen molar-refractivity contribution in [1.82, 2.24) is 4.98 Å². The number of amides is 1. The number of aromatic nitrogens is 1. The molecule has 0 radical (unpaired) electrons. The highest BCUT2D eigenvalue weighted by Gasteiger charge is 2.33. The van der Waals surface area contributed by atoms with Crippen molar-refractivity contribution >= 4 is 51.7 Å². The second-order valence-corrected chi connectivity index (χ2v) is 6.71. The van der Waals surface area contributed by atoms with Gasteiger partial charge >= 0.3 is 0 Å². The van der Waals surface area contributed by atoms with Gasteiger partial charge in [0.25, 0.3) is 11.6 Å². The number of hydrogen-bond donors (Lipinski definition) is 0. The average molecular weight is 357 g/mol. The topological polar surface area (TPSA) is 76.3 Å². The monoisotopic (exact) mass is 357 g/mol. The molecule has 1 amide bonds. The number of nitrogens with zero attached hydrogens (tertiary/aromatic N) is 3. The fourth-order valence-corrected chi connectivity index (χ4v) is 3.54. The van der Waals surface area contributed by atoms with Crippen molar-refractivity contribution in [2.45, 2.75) is 6.92 Å². The van der Waals surface area contributed by atoms with E-state index in [0.29, 0.717) is 26.0 Å². The molecule has 0 saturated carbocycles. The number of benzene rings is 1. The lowest BCUT2D eigenvalue weighted by atomic mass is 10.1. The second-order valence-electron chi connectivity index (χ2n) is 5.03. The third-order valence-corrected chi connectivity index (χ3v) is 4.73. The minimum Gasteiger partial charge on any atom is -0.268 e. The Bertz CT molecular complexity index is 881. The minimum atomic E-state index is -0.437. The van der Waals surface area contributed by atoms with Gasteiger partial charge < -0.3 is 0 Å². The summed E-state index contributed by atoms with van der Waals surface area (Å²) in [5.74, 6) is -0.263. The van der Waals surface area contributed by atoms with E-state index in [1.165, 1.54) is 11.0 Å². The molecule has 3 rings (SSSR count). The Kier molecular flexibility index (Phi) is 4.41. The van der Waals surface area contributed by atoms with Crippen LogP contribution in [0.3, 0.4) is 0 Å². The Balaban J connectivity index is 1.95. The SMILES string of the molecule is Cc1ccc(/C=C2\SC(=S)N(c3cccnc3)C2=O)cc1[N+](=O)[O-]. The molecule has 8 heteroatoms. The van der Waals surface area contributed by atoms with Crippen LogP contribution in [-0.4, -0.2) is 20.1 Å². The zero-order valence-electron chi connectivity index (χ0n) is 12.5. The lowest BCUT2D eigenvalue weighted by molar-refractivity contribution is -0.385. The van der Waals surface area contributed by atoms with Gasteiger partial charge in [0.2, 0.25) is 0 Å². The predicted octanol–water partition coefficient (Wildman–Crippen LogP) is 3.70. The standard InChI is InChI=1S/C16H11N3O3S2/c1-10-4-5-11(7-13(10)19(21)22)8-14-15(20)18(16(23)24-14)12-3-2-6-17-9-12/h2-9H,1H3/b14-8-. The Hall–Kier alpha value is -2.58. The highest BCUT2D eigenvalue weighted by atomic mass is 32.2. The number of rotatable bonds is 3. The molecular formula is C16H11N3O3S2. The Morgan fingerprint density at radius 1 is 1.38 bits per heavy atom. The zero-order chi connectivity index (χ0) is 17.3. The highest BCUT2D eigenvalue weighted by molar-refractivity contribution is 8.27. The maximum atomic E-state index is 12.6. The summed E-state index contributed by atoms with van der Waals surface area (Å²) in [6.45, 7) is 1.67.